The van der Waals surface area contributed by atoms with E-state index >= 15 is 0 Å². The van der Waals surface area contributed by atoms with Gasteiger partial charge in [0.1, 0.15) is 0 Å². The van der Waals surface area contributed by atoms with Gasteiger partial charge in [-0.05, 0) is 55.3 Å². The average Bonchev–Trinajstić information content (AvgIpc) is 3.00. The predicted octanol–water partition coefficient (Wildman–Crippen LogP) is 5.25. The Hall–Kier alpha value is -2.07. The fourth-order valence-electron chi connectivity index (χ4n) is 3.68. The molecule has 1 saturated heterocycles. The lowest BCUT2D eigenvalue weighted by Crippen LogP contribution is -2.35. The van der Waals surface area contributed by atoms with Crippen molar-refractivity contribution in [3.8, 4) is 16.9 Å². The number of aryl methyl sites for hydroxylation is 1. The van der Waals surface area contributed by atoms with Gasteiger partial charge in [-0.2, -0.15) is 0 Å². The van der Waals surface area contributed by atoms with Gasteiger partial charge >= 0.3 is 0 Å². The molecule has 3 nitrogen and oxygen atoms in total. The molecule has 0 bridgehead atoms. The van der Waals surface area contributed by atoms with E-state index in [4.69, 9.17) is 16.3 Å². The zero-order valence-corrected chi connectivity index (χ0v) is 16.7. The normalized spacial score (nSPS) is 15.2. The molecule has 2 aromatic carbocycles. The first-order valence-electron chi connectivity index (χ1n) is 9.46. The van der Waals surface area contributed by atoms with Crippen molar-refractivity contribution in [3.63, 3.8) is 0 Å². The molecule has 4 heteroatoms. The van der Waals surface area contributed by atoms with Gasteiger partial charge in [0.05, 0.1) is 18.9 Å². The van der Waals surface area contributed by atoms with Crippen molar-refractivity contribution in [2.24, 2.45) is 0 Å². The average molecular weight is 381 g/mol. The summed E-state index contributed by atoms with van der Waals surface area (Å²) in [5, 5.41) is 0.762. The molecule has 0 N–H and O–H groups in total. The second kappa shape index (κ2) is 7.89. The van der Waals surface area contributed by atoms with Crippen LogP contribution in [0.2, 0.25) is 5.02 Å². The number of ether oxygens (including phenoxy) is 1. The van der Waals surface area contributed by atoms with Crippen LogP contribution in [-0.4, -0.2) is 35.8 Å². The zero-order chi connectivity index (χ0) is 18.8. The minimum absolute atomic E-state index is 0.762. The Labute approximate surface area is 166 Å². The highest BCUT2D eigenvalue weighted by atomic mass is 35.5. The molecule has 0 atom stereocenters. The van der Waals surface area contributed by atoms with Crippen LogP contribution in [0.25, 0.3) is 16.9 Å². The third kappa shape index (κ3) is 3.96. The SMILES string of the molecule is Cc1ccc(-n2c(-c3ccc(Cl)cc3)cc(CN3CCOCC3)c2C)cc1. The smallest absolute Gasteiger partial charge is 0.0594 e. The summed E-state index contributed by atoms with van der Waals surface area (Å²) in [6, 6.07) is 19.2. The lowest BCUT2D eigenvalue weighted by Gasteiger charge is -2.26. The van der Waals surface area contributed by atoms with E-state index in [0.717, 1.165) is 37.9 Å². The number of halogens is 1. The maximum absolute atomic E-state index is 6.11. The minimum atomic E-state index is 0.762. The Kier molecular flexibility index (Phi) is 5.35. The van der Waals surface area contributed by atoms with E-state index in [2.05, 4.69) is 65.8 Å². The molecule has 4 rings (SSSR count). The Bertz CT molecular complexity index is 907. The van der Waals surface area contributed by atoms with Gasteiger partial charge < -0.3 is 9.30 Å². The summed E-state index contributed by atoms with van der Waals surface area (Å²) in [6.45, 7) is 8.92. The highest BCUT2D eigenvalue weighted by molar-refractivity contribution is 6.30. The van der Waals surface area contributed by atoms with Gasteiger partial charge in [-0.15, -0.1) is 0 Å². The molecular formula is C23H25ClN2O. The van der Waals surface area contributed by atoms with Gasteiger partial charge in [0.25, 0.3) is 0 Å². The van der Waals surface area contributed by atoms with Crippen LogP contribution >= 0.6 is 11.6 Å². The van der Waals surface area contributed by atoms with E-state index in [1.54, 1.807) is 0 Å². The molecular weight excluding hydrogens is 356 g/mol. The third-order valence-electron chi connectivity index (χ3n) is 5.28. The minimum Gasteiger partial charge on any atom is -0.379 e. The molecule has 0 aliphatic carbocycles. The molecule has 3 aromatic rings. The van der Waals surface area contributed by atoms with Crippen LogP contribution in [0, 0.1) is 13.8 Å². The molecule has 0 unspecified atom stereocenters. The molecule has 1 aliphatic heterocycles. The van der Waals surface area contributed by atoms with E-state index in [1.807, 2.05) is 12.1 Å². The molecule has 0 spiro atoms. The molecule has 140 valence electrons. The van der Waals surface area contributed by atoms with Gasteiger partial charge in [-0.1, -0.05) is 41.4 Å². The fraction of sp³-hybridized carbons (Fsp3) is 0.304. The van der Waals surface area contributed by atoms with Crippen LogP contribution in [0.5, 0.6) is 0 Å². The highest BCUT2D eigenvalue weighted by Crippen LogP contribution is 2.31. The molecule has 2 heterocycles. The van der Waals surface area contributed by atoms with Gasteiger partial charge in [-0.3, -0.25) is 4.90 Å². The number of hydrogen-bond donors (Lipinski definition) is 0. The Morgan fingerprint density at radius 2 is 1.59 bits per heavy atom. The van der Waals surface area contributed by atoms with Crippen molar-refractivity contribution < 1.29 is 4.74 Å². The topological polar surface area (TPSA) is 17.4 Å². The van der Waals surface area contributed by atoms with Crippen molar-refractivity contribution in [3.05, 3.63) is 76.4 Å². The number of hydrogen-bond acceptors (Lipinski definition) is 2. The summed E-state index contributed by atoms with van der Waals surface area (Å²) in [5.74, 6) is 0. The number of rotatable bonds is 4. The molecule has 0 saturated carbocycles. The molecule has 1 aromatic heterocycles. The fourth-order valence-corrected chi connectivity index (χ4v) is 3.80. The van der Waals surface area contributed by atoms with Crippen LogP contribution in [0.3, 0.4) is 0 Å². The van der Waals surface area contributed by atoms with Gasteiger partial charge in [0, 0.05) is 36.0 Å². The summed E-state index contributed by atoms with van der Waals surface area (Å²) in [5.41, 5.74) is 7.49. The maximum atomic E-state index is 6.11. The summed E-state index contributed by atoms with van der Waals surface area (Å²) in [6.07, 6.45) is 0. The Morgan fingerprint density at radius 1 is 0.926 bits per heavy atom. The highest BCUT2D eigenvalue weighted by Gasteiger charge is 2.18. The van der Waals surface area contributed by atoms with E-state index in [9.17, 15) is 0 Å². The van der Waals surface area contributed by atoms with Gasteiger partial charge in [0.15, 0.2) is 0 Å². The van der Waals surface area contributed by atoms with E-state index in [1.165, 1.54) is 33.8 Å². The van der Waals surface area contributed by atoms with E-state index in [-0.39, 0.29) is 0 Å². The van der Waals surface area contributed by atoms with Crippen molar-refractivity contribution in [2.75, 3.05) is 26.3 Å². The van der Waals surface area contributed by atoms with Crippen molar-refractivity contribution in [2.45, 2.75) is 20.4 Å². The largest absolute Gasteiger partial charge is 0.379 e. The number of benzene rings is 2. The van der Waals surface area contributed by atoms with Crippen molar-refractivity contribution >= 4 is 11.6 Å². The monoisotopic (exact) mass is 380 g/mol. The third-order valence-corrected chi connectivity index (χ3v) is 5.53. The molecule has 1 aliphatic rings. The summed E-state index contributed by atoms with van der Waals surface area (Å²) in [4.78, 5) is 2.47. The standard InChI is InChI=1S/C23H25ClN2O/c1-17-3-9-22(10-4-17)26-18(2)20(16-25-11-13-27-14-12-25)15-23(26)19-5-7-21(24)8-6-19/h3-10,15H,11-14,16H2,1-2H3. The van der Waals surface area contributed by atoms with Crippen molar-refractivity contribution in [1.29, 1.82) is 0 Å². The zero-order valence-electron chi connectivity index (χ0n) is 15.9. The lowest BCUT2D eigenvalue weighted by molar-refractivity contribution is 0.0341. The quantitative estimate of drug-likeness (QED) is 0.615. The summed E-state index contributed by atoms with van der Waals surface area (Å²) in [7, 11) is 0. The number of nitrogens with zero attached hydrogens (tertiary/aromatic N) is 2. The Morgan fingerprint density at radius 3 is 2.26 bits per heavy atom. The summed E-state index contributed by atoms with van der Waals surface area (Å²) >= 11 is 6.11. The van der Waals surface area contributed by atoms with Crippen LogP contribution < -0.4 is 0 Å². The first kappa shape index (κ1) is 18.3. The number of aromatic nitrogens is 1. The predicted molar refractivity (Wildman–Crippen MR) is 112 cm³/mol. The first-order chi connectivity index (χ1) is 13.1. The van der Waals surface area contributed by atoms with Gasteiger partial charge in [-0.25, -0.2) is 0 Å². The van der Waals surface area contributed by atoms with Crippen LogP contribution in [0.4, 0.5) is 0 Å². The maximum Gasteiger partial charge on any atom is 0.0594 e. The second-order valence-corrected chi connectivity index (χ2v) is 7.64. The summed E-state index contributed by atoms with van der Waals surface area (Å²) < 4.78 is 7.86. The lowest BCUT2D eigenvalue weighted by atomic mass is 10.1. The van der Waals surface area contributed by atoms with Gasteiger partial charge in [0.2, 0.25) is 0 Å². The van der Waals surface area contributed by atoms with Crippen LogP contribution in [0.1, 0.15) is 16.8 Å². The van der Waals surface area contributed by atoms with Crippen LogP contribution in [-0.2, 0) is 11.3 Å². The second-order valence-electron chi connectivity index (χ2n) is 7.21. The van der Waals surface area contributed by atoms with E-state index in [0.29, 0.717) is 0 Å². The van der Waals surface area contributed by atoms with E-state index < -0.39 is 0 Å². The van der Waals surface area contributed by atoms with Crippen molar-refractivity contribution in [1.82, 2.24) is 9.47 Å². The molecule has 0 radical (unpaired) electrons. The molecule has 27 heavy (non-hydrogen) atoms. The molecule has 0 amide bonds. The molecule has 1 fully saturated rings. The number of morpholine rings is 1. The Balaban J connectivity index is 1.78. The van der Waals surface area contributed by atoms with Crippen LogP contribution in [0.15, 0.2) is 54.6 Å². The first-order valence-corrected chi connectivity index (χ1v) is 9.84.